The second kappa shape index (κ2) is 3.07. The highest BCUT2D eigenvalue weighted by Crippen LogP contribution is 2.39. The van der Waals surface area contributed by atoms with Gasteiger partial charge in [-0.1, -0.05) is 29.8 Å². The lowest BCUT2D eigenvalue weighted by atomic mass is 10.1. The summed E-state index contributed by atoms with van der Waals surface area (Å²) in [5, 5.41) is 0.710. The summed E-state index contributed by atoms with van der Waals surface area (Å²) >= 11 is 5.91. The van der Waals surface area contributed by atoms with E-state index in [2.05, 4.69) is 0 Å². The Kier molecular flexibility index (Phi) is 1.83. The van der Waals surface area contributed by atoms with Gasteiger partial charge in [0.1, 0.15) is 5.82 Å². The maximum absolute atomic E-state index is 13.6. The van der Waals surface area contributed by atoms with Crippen LogP contribution in [0, 0.1) is 5.82 Å². The van der Waals surface area contributed by atoms with Gasteiger partial charge in [0.05, 0.1) is 0 Å². The highest BCUT2D eigenvalue weighted by Gasteiger charge is 2.21. The quantitative estimate of drug-likeness (QED) is 0.534. The molecule has 1 aliphatic rings. The van der Waals surface area contributed by atoms with Crippen molar-refractivity contribution in [3.8, 4) is 11.1 Å². The number of halogens is 2. The highest BCUT2D eigenvalue weighted by atomic mass is 35.5. The summed E-state index contributed by atoms with van der Waals surface area (Å²) in [4.78, 5) is 0. The summed E-state index contributed by atoms with van der Waals surface area (Å²) < 4.78 is 13.6. The van der Waals surface area contributed by atoms with Crippen molar-refractivity contribution in [2.75, 3.05) is 0 Å². The molecule has 0 amide bonds. The Balaban J connectivity index is 2.31. The van der Waals surface area contributed by atoms with Gasteiger partial charge in [0.2, 0.25) is 0 Å². The minimum absolute atomic E-state index is 0.145. The summed E-state index contributed by atoms with van der Waals surface area (Å²) in [6.07, 6.45) is 0.781. The van der Waals surface area contributed by atoms with Crippen LogP contribution in [-0.2, 0) is 6.42 Å². The Morgan fingerprint density at radius 3 is 2.80 bits per heavy atom. The first-order chi connectivity index (χ1) is 7.25. The Labute approximate surface area is 92.3 Å². The third-order valence-electron chi connectivity index (χ3n) is 2.82. The molecule has 1 aliphatic carbocycles. The van der Waals surface area contributed by atoms with Gasteiger partial charge in [-0.05, 0) is 41.3 Å². The van der Waals surface area contributed by atoms with Gasteiger partial charge in [0, 0.05) is 10.6 Å². The summed E-state index contributed by atoms with van der Waals surface area (Å²) in [6.45, 7) is 0. The van der Waals surface area contributed by atoms with Crippen LogP contribution in [0.5, 0.6) is 0 Å². The molecule has 2 aromatic carbocycles. The minimum Gasteiger partial charge on any atom is -0.206 e. The fraction of sp³-hybridized carbons (Fsp3) is 0.0769. The predicted octanol–water partition coefficient (Wildman–Crippen LogP) is 4.05. The molecule has 15 heavy (non-hydrogen) atoms. The van der Waals surface area contributed by atoms with Gasteiger partial charge in [-0.2, -0.15) is 0 Å². The van der Waals surface area contributed by atoms with Crippen LogP contribution in [0.1, 0.15) is 11.1 Å². The van der Waals surface area contributed by atoms with Crippen LogP contribution in [0.2, 0.25) is 5.02 Å². The number of benzene rings is 2. The molecule has 0 radical (unpaired) electrons. The van der Waals surface area contributed by atoms with Crippen molar-refractivity contribution in [2.24, 2.45) is 0 Å². The summed E-state index contributed by atoms with van der Waals surface area (Å²) in [7, 11) is 0. The molecule has 0 fully saturated rings. The van der Waals surface area contributed by atoms with Crippen LogP contribution >= 0.6 is 11.6 Å². The van der Waals surface area contributed by atoms with Gasteiger partial charge in [-0.15, -0.1) is 0 Å². The molecule has 0 atom stereocenters. The van der Waals surface area contributed by atoms with Crippen LogP contribution in [0.15, 0.2) is 36.4 Å². The van der Waals surface area contributed by atoms with Gasteiger partial charge >= 0.3 is 0 Å². The Morgan fingerprint density at radius 2 is 1.93 bits per heavy atom. The lowest BCUT2D eigenvalue weighted by molar-refractivity contribution is 0.631. The Hall–Kier alpha value is -1.34. The standard InChI is InChI=1S/C13H8ClF/c14-10-4-5-11-9(7-10)6-8-2-1-3-12(15)13(8)11/h1-5,7H,6H2. The first-order valence-corrected chi connectivity index (χ1v) is 5.20. The number of rotatable bonds is 0. The molecule has 0 spiro atoms. The zero-order chi connectivity index (χ0) is 10.4. The van der Waals surface area contributed by atoms with E-state index in [0.29, 0.717) is 5.02 Å². The maximum Gasteiger partial charge on any atom is 0.131 e. The van der Waals surface area contributed by atoms with E-state index in [1.165, 1.54) is 6.07 Å². The van der Waals surface area contributed by atoms with Crippen molar-refractivity contribution in [3.63, 3.8) is 0 Å². The van der Waals surface area contributed by atoms with Crippen molar-refractivity contribution in [1.82, 2.24) is 0 Å². The topological polar surface area (TPSA) is 0 Å². The molecule has 74 valence electrons. The van der Waals surface area contributed by atoms with E-state index in [1.54, 1.807) is 6.07 Å². The van der Waals surface area contributed by atoms with Gasteiger partial charge in [-0.3, -0.25) is 0 Å². The van der Waals surface area contributed by atoms with E-state index in [1.807, 2.05) is 24.3 Å². The average molecular weight is 219 g/mol. The van der Waals surface area contributed by atoms with Crippen molar-refractivity contribution in [1.29, 1.82) is 0 Å². The molecule has 2 aromatic rings. The van der Waals surface area contributed by atoms with Crippen molar-refractivity contribution >= 4 is 11.6 Å². The van der Waals surface area contributed by atoms with Crippen molar-refractivity contribution in [3.05, 3.63) is 58.4 Å². The second-order valence-corrected chi connectivity index (χ2v) is 4.19. The van der Waals surface area contributed by atoms with Crippen LogP contribution in [0.3, 0.4) is 0 Å². The second-order valence-electron chi connectivity index (χ2n) is 3.75. The van der Waals surface area contributed by atoms with E-state index >= 15 is 0 Å². The SMILES string of the molecule is Fc1cccc2c1-c1ccc(Cl)cc1C2. The van der Waals surface area contributed by atoms with Gasteiger partial charge in [0.15, 0.2) is 0 Å². The molecule has 0 saturated carbocycles. The van der Waals surface area contributed by atoms with Gasteiger partial charge in [-0.25, -0.2) is 4.39 Å². The van der Waals surface area contributed by atoms with Crippen LogP contribution in [0.25, 0.3) is 11.1 Å². The molecule has 0 saturated heterocycles. The molecule has 2 heteroatoms. The largest absolute Gasteiger partial charge is 0.206 e. The number of hydrogen-bond acceptors (Lipinski definition) is 0. The molecule has 3 rings (SSSR count). The molecule has 0 N–H and O–H groups in total. The van der Waals surface area contributed by atoms with E-state index < -0.39 is 0 Å². The summed E-state index contributed by atoms with van der Waals surface area (Å²) in [5.41, 5.74) is 3.88. The van der Waals surface area contributed by atoms with E-state index in [0.717, 1.165) is 28.7 Å². The molecular weight excluding hydrogens is 211 g/mol. The van der Waals surface area contributed by atoms with Gasteiger partial charge < -0.3 is 0 Å². The smallest absolute Gasteiger partial charge is 0.131 e. The Bertz CT molecular complexity index is 546. The zero-order valence-corrected chi connectivity index (χ0v) is 8.68. The third-order valence-corrected chi connectivity index (χ3v) is 3.05. The molecule has 0 heterocycles. The summed E-state index contributed by atoms with van der Waals surface area (Å²) in [5.74, 6) is -0.145. The van der Waals surface area contributed by atoms with Gasteiger partial charge in [0.25, 0.3) is 0 Å². The molecule has 0 bridgehead atoms. The highest BCUT2D eigenvalue weighted by molar-refractivity contribution is 6.30. The Morgan fingerprint density at radius 1 is 1.07 bits per heavy atom. The molecule has 0 nitrogen and oxygen atoms in total. The first kappa shape index (κ1) is 8.93. The monoisotopic (exact) mass is 218 g/mol. The van der Waals surface area contributed by atoms with Crippen LogP contribution < -0.4 is 0 Å². The predicted molar refractivity (Wildman–Crippen MR) is 59.7 cm³/mol. The first-order valence-electron chi connectivity index (χ1n) is 4.82. The maximum atomic E-state index is 13.6. The molecule has 0 aliphatic heterocycles. The third kappa shape index (κ3) is 1.27. The fourth-order valence-electron chi connectivity index (χ4n) is 2.18. The minimum atomic E-state index is -0.145. The lowest BCUT2D eigenvalue weighted by Gasteiger charge is -2.01. The lowest BCUT2D eigenvalue weighted by Crippen LogP contribution is -1.83. The molecule has 0 aromatic heterocycles. The normalized spacial score (nSPS) is 12.4. The van der Waals surface area contributed by atoms with E-state index in [4.69, 9.17) is 11.6 Å². The van der Waals surface area contributed by atoms with Crippen molar-refractivity contribution < 1.29 is 4.39 Å². The molecule has 0 unspecified atom stereocenters. The van der Waals surface area contributed by atoms with E-state index in [-0.39, 0.29) is 5.82 Å². The number of fused-ring (bicyclic) bond motifs is 3. The summed E-state index contributed by atoms with van der Waals surface area (Å²) in [6, 6.07) is 10.8. The zero-order valence-electron chi connectivity index (χ0n) is 7.93. The molecular formula is C13H8ClF. The number of hydrogen-bond donors (Lipinski definition) is 0. The fourth-order valence-corrected chi connectivity index (χ4v) is 2.37. The van der Waals surface area contributed by atoms with Crippen molar-refractivity contribution in [2.45, 2.75) is 6.42 Å². The van der Waals surface area contributed by atoms with Crippen LogP contribution in [-0.4, -0.2) is 0 Å². The average Bonchev–Trinajstić information content (AvgIpc) is 2.56. The van der Waals surface area contributed by atoms with E-state index in [9.17, 15) is 4.39 Å². The van der Waals surface area contributed by atoms with Crippen LogP contribution in [0.4, 0.5) is 4.39 Å².